The Hall–Kier alpha value is -2.16. The standard InChI is InChI=1S/C10H14N4O4S/c11-8(15)3-14(4-9(16)17)10(18)12-2-1-7-5-19-6-13-7/h5-6H,1-4H2,(H2,11,15)(H,12,18)(H,16,17). The van der Waals surface area contributed by atoms with Crippen molar-refractivity contribution >= 4 is 29.2 Å². The van der Waals surface area contributed by atoms with E-state index in [0.717, 1.165) is 10.6 Å². The molecule has 0 aromatic carbocycles. The molecule has 0 bridgehead atoms. The van der Waals surface area contributed by atoms with Crippen molar-refractivity contribution in [2.45, 2.75) is 6.42 Å². The second kappa shape index (κ2) is 7.31. The number of carboxylic acids is 1. The monoisotopic (exact) mass is 286 g/mol. The van der Waals surface area contributed by atoms with Crippen LogP contribution in [-0.4, -0.2) is 52.5 Å². The molecule has 3 amide bonds. The van der Waals surface area contributed by atoms with Crippen molar-refractivity contribution < 1.29 is 19.5 Å². The summed E-state index contributed by atoms with van der Waals surface area (Å²) < 4.78 is 0. The van der Waals surface area contributed by atoms with Gasteiger partial charge in [0.25, 0.3) is 0 Å². The molecular weight excluding hydrogens is 272 g/mol. The molecule has 1 rings (SSSR count). The van der Waals surface area contributed by atoms with Crippen LogP contribution in [0.1, 0.15) is 5.69 Å². The quantitative estimate of drug-likeness (QED) is 0.609. The average molecular weight is 286 g/mol. The summed E-state index contributed by atoms with van der Waals surface area (Å²) in [7, 11) is 0. The molecule has 0 fully saturated rings. The Morgan fingerprint density at radius 3 is 2.68 bits per heavy atom. The first kappa shape index (κ1) is 14.9. The third kappa shape index (κ3) is 5.82. The molecule has 0 spiro atoms. The lowest BCUT2D eigenvalue weighted by Crippen LogP contribution is -2.47. The molecule has 1 aromatic rings. The van der Waals surface area contributed by atoms with E-state index in [1.54, 1.807) is 5.51 Å². The second-order valence-electron chi connectivity index (χ2n) is 3.68. The molecule has 19 heavy (non-hydrogen) atoms. The Morgan fingerprint density at radius 1 is 1.42 bits per heavy atom. The van der Waals surface area contributed by atoms with E-state index in [1.165, 1.54) is 11.3 Å². The van der Waals surface area contributed by atoms with Crippen LogP contribution < -0.4 is 11.1 Å². The highest BCUT2D eigenvalue weighted by Crippen LogP contribution is 2.00. The number of aromatic nitrogens is 1. The number of amides is 3. The number of carbonyl (C=O) groups is 3. The Bertz CT molecular complexity index is 432. The summed E-state index contributed by atoms with van der Waals surface area (Å²) >= 11 is 1.45. The van der Waals surface area contributed by atoms with Gasteiger partial charge in [-0.3, -0.25) is 9.59 Å². The van der Waals surface area contributed by atoms with Crippen molar-refractivity contribution in [3.63, 3.8) is 0 Å². The predicted octanol–water partition coefficient (Wildman–Crippen LogP) is -0.733. The van der Waals surface area contributed by atoms with Crippen LogP contribution in [0.25, 0.3) is 0 Å². The maximum atomic E-state index is 11.7. The van der Waals surface area contributed by atoms with E-state index in [2.05, 4.69) is 10.3 Å². The molecule has 9 heteroatoms. The molecule has 0 unspecified atom stereocenters. The number of hydrogen-bond acceptors (Lipinski definition) is 5. The van der Waals surface area contributed by atoms with Gasteiger partial charge in [0, 0.05) is 18.3 Å². The SMILES string of the molecule is NC(=O)CN(CC(=O)O)C(=O)NCCc1cscn1. The van der Waals surface area contributed by atoms with Gasteiger partial charge in [-0.25, -0.2) is 9.78 Å². The van der Waals surface area contributed by atoms with Gasteiger partial charge in [-0.2, -0.15) is 0 Å². The second-order valence-corrected chi connectivity index (χ2v) is 4.40. The van der Waals surface area contributed by atoms with Crippen molar-refractivity contribution in [3.8, 4) is 0 Å². The Morgan fingerprint density at radius 2 is 2.16 bits per heavy atom. The van der Waals surface area contributed by atoms with Crippen LogP contribution in [0.15, 0.2) is 10.9 Å². The molecule has 8 nitrogen and oxygen atoms in total. The van der Waals surface area contributed by atoms with Crippen LogP contribution in [0.3, 0.4) is 0 Å². The zero-order chi connectivity index (χ0) is 14.3. The van der Waals surface area contributed by atoms with Gasteiger partial charge in [0.2, 0.25) is 5.91 Å². The normalized spacial score (nSPS) is 9.89. The highest BCUT2D eigenvalue weighted by molar-refractivity contribution is 7.07. The molecule has 0 atom stereocenters. The van der Waals surface area contributed by atoms with Crippen molar-refractivity contribution in [2.75, 3.05) is 19.6 Å². The summed E-state index contributed by atoms with van der Waals surface area (Å²) in [6.07, 6.45) is 0.534. The van der Waals surface area contributed by atoms with E-state index in [0.29, 0.717) is 13.0 Å². The summed E-state index contributed by atoms with van der Waals surface area (Å²) in [6.45, 7) is -0.711. The van der Waals surface area contributed by atoms with Crippen LogP contribution in [0.4, 0.5) is 4.79 Å². The molecule has 0 aliphatic rings. The molecular formula is C10H14N4O4S. The largest absolute Gasteiger partial charge is 0.480 e. The van der Waals surface area contributed by atoms with Gasteiger partial charge >= 0.3 is 12.0 Å². The van der Waals surface area contributed by atoms with Gasteiger partial charge in [0.05, 0.1) is 11.2 Å². The van der Waals surface area contributed by atoms with Crippen LogP contribution >= 0.6 is 11.3 Å². The molecule has 4 N–H and O–H groups in total. The topological polar surface area (TPSA) is 126 Å². The summed E-state index contributed by atoms with van der Waals surface area (Å²) in [5.41, 5.74) is 7.47. The minimum absolute atomic E-state index is 0.303. The minimum atomic E-state index is -1.21. The minimum Gasteiger partial charge on any atom is -0.480 e. The van der Waals surface area contributed by atoms with Crippen molar-refractivity contribution in [2.24, 2.45) is 5.73 Å². The number of hydrogen-bond donors (Lipinski definition) is 3. The van der Waals surface area contributed by atoms with Gasteiger partial charge in [-0.15, -0.1) is 11.3 Å². The number of carbonyl (C=O) groups excluding carboxylic acids is 2. The molecule has 0 aliphatic carbocycles. The third-order valence-corrected chi connectivity index (χ3v) is 2.74. The number of rotatable bonds is 7. The number of primary amides is 1. The van der Waals surface area contributed by atoms with Gasteiger partial charge in [0.15, 0.2) is 0 Å². The van der Waals surface area contributed by atoms with Gasteiger partial charge < -0.3 is 21.1 Å². The van der Waals surface area contributed by atoms with Crippen molar-refractivity contribution in [1.29, 1.82) is 0 Å². The maximum absolute atomic E-state index is 11.7. The van der Waals surface area contributed by atoms with Crippen molar-refractivity contribution in [1.82, 2.24) is 15.2 Å². The fraction of sp³-hybridized carbons (Fsp3) is 0.400. The number of nitrogens with zero attached hydrogens (tertiary/aromatic N) is 2. The first-order valence-electron chi connectivity index (χ1n) is 5.39. The fourth-order valence-electron chi connectivity index (χ4n) is 1.32. The van der Waals surface area contributed by atoms with Gasteiger partial charge in [-0.1, -0.05) is 0 Å². The van der Waals surface area contributed by atoms with Crippen LogP contribution in [-0.2, 0) is 16.0 Å². The molecule has 0 saturated heterocycles. The first-order valence-corrected chi connectivity index (χ1v) is 6.33. The third-order valence-electron chi connectivity index (χ3n) is 2.10. The Balaban J connectivity index is 2.42. The van der Waals surface area contributed by atoms with E-state index in [-0.39, 0.29) is 0 Å². The smallest absolute Gasteiger partial charge is 0.323 e. The van der Waals surface area contributed by atoms with Crippen LogP contribution in [0, 0.1) is 0 Å². The number of urea groups is 1. The molecule has 104 valence electrons. The number of aliphatic carboxylic acids is 1. The molecule has 1 aromatic heterocycles. The van der Waals surface area contributed by atoms with Gasteiger partial charge in [-0.05, 0) is 0 Å². The molecule has 0 radical (unpaired) electrons. The zero-order valence-electron chi connectivity index (χ0n) is 10.0. The Labute approximate surface area is 113 Å². The molecule has 0 aliphatic heterocycles. The average Bonchev–Trinajstić information content (AvgIpc) is 2.79. The lowest BCUT2D eigenvalue weighted by atomic mass is 10.3. The summed E-state index contributed by atoms with van der Waals surface area (Å²) in [6, 6.07) is -0.642. The molecule has 0 saturated carbocycles. The predicted molar refractivity (Wildman–Crippen MR) is 67.6 cm³/mol. The molecule has 1 heterocycles. The van der Waals surface area contributed by atoms with E-state index >= 15 is 0 Å². The van der Waals surface area contributed by atoms with E-state index in [1.807, 2.05) is 5.38 Å². The number of nitrogens with one attached hydrogen (secondary N) is 1. The van der Waals surface area contributed by atoms with E-state index in [4.69, 9.17) is 10.8 Å². The highest BCUT2D eigenvalue weighted by Gasteiger charge is 2.18. The maximum Gasteiger partial charge on any atom is 0.323 e. The van der Waals surface area contributed by atoms with Crippen molar-refractivity contribution in [3.05, 3.63) is 16.6 Å². The van der Waals surface area contributed by atoms with Crippen LogP contribution in [0.5, 0.6) is 0 Å². The number of carboxylic acid groups (broad SMARTS) is 1. The highest BCUT2D eigenvalue weighted by atomic mass is 32.1. The summed E-state index contributed by atoms with van der Waals surface area (Å²) in [4.78, 5) is 37.9. The zero-order valence-corrected chi connectivity index (χ0v) is 10.9. The number of nitrogens with two attached hydrogens (primary N) is 1. The first-order chi connectivity index (χ1) is 8.99. The van der Waals surface area contributed by atoms with E-state index < -0.39 is 31.0 Å². The summed E-state index contributed by atoms with van der Waals surface area (Å²) in [5.74, 6) is -1.98. The summed E-state index contributed by atoms with van der Waals surface area (Å²) in [5, 5.41) is 13.0. The fourth-order valence-corrected chi connectivity index (χ4v) is 1.91. The lowest BCUT2D eigenvalue weighted by Gasteiger charge is -2.19. The van der Waals surface area contributed by atoms with Crippen LogP contribution in [0.2, 0.25) is 0 Å². The van der Waals surface area contributed by atoms with E-state index in [9.17, 15) is 14.4 Å². The lowest BCUT2D eigenvalue weighted by molar-refractivity contribution is -0.137. The number of thiazole rings is 1. The van der Waals surface area contributed by atoms with Gasteiger partial charge in [0.1, 0.15) is 13.1 Å². The Kier molecular flexibility index (Phi) is 5.73.